The molecule has 0 spiro atoms. The number of para-hydroxylation sites is 1. The minimum Gasteiger partial charge on any atom is -0.480 e. The van der Waals surface area contributed by atoms with E-state index in [0.717, 1.165) is 16.3 Å². The van der Waals surface area contributed by atoms with Gasteiger partial charge in [-0.05, 0) is 16.3 Å². The number of nitro benzene ring substituents is 1. The number of carboxylic acid groups (broad SMARTS) is 1. The lowest BCUT2D eigenvalue weighted by Gasteiger charge is -2.15. The van der Waals surface area contributed by atoms with E-state index in [9.17, 15) is 24.8 Å². The normalized spacial score (nSPS) is 11.7. The van der Waals surface area contributed by atoms with Crippen LogP contribution >= 0.6 is 0 Å². The first kappa shape index (κ1) is 19.0. The second kappa shape index (κ2) is 8.30. The summed E-state index contributed by atoms with van der Waals surface area (Å²) in [6, 6.07) is 18.0. The van der Waals surface area contributed by atoms with Crippen molar-refractivity contribution in [3.05, 3.63) is 88.0 Å². The number of benzene rings is 3. The van der Waals surface area contributed by atoms with Gasteiger partial charge in [-0.3, -0.25) is 14.9 Å². The van der Waals surface area contributed by atoms with Crippen LogP contribution in [0, 0.1) is 10.1 Å². The fourth-order valence-electron chi connectivity index (χ4n) is 3.06. The fourth-order valence-corrected chi connectivity index (χ4v) is 3.06. The molecule has 0 saturated heterocycles. The van der Waals surface area contributed by atoms with Gasteiger partial charge < -0.3 is 10.4 Å². The van der Waals surface area contributed by atoms with Gasteiger partial charge >= 0.3 is 5.97 Å². The third-order valence-electron chi connectivity index (χ3n) is 4.42. The van der Waals surface area contributed by atoms with E-state index in [-0.39, 0.29) is 24.1 Å². The van der Waals surface area contributed by atoms with Gasteiger partial charge in [-0.25, -0.2) is 4.79 Å². The number of aliphatic carboxylic acids is 1. The lowest BCUT2D eigenvalue weighted by Crippen LogP contribution is -2.43. The zero-order valence-corrected chi connectivity index (χ0v) is 14.9. The van der Waals surface area contributed by atoms with E-state index in [1.165, 1.54) is 18.2 Å². The molecule has 142 valence electrons. The SMILES string of the molecule is O=C(Cc1ccc2ccccc2c1)N[C@H](Cc1ccccc1[N+](=O)[O-])C(=O)O. The molecule has 3 aromatic rings. The van der Waals surface area contributed by atoms with Crippen molar-refractivity contribution in [2.45, 2.75) is 18.9 Å². The number of amides is 1. The van der Waals surface area contributed by atoms with E-state index in [0.29, 0.717) is 0 Å². The summed E-state index contributed by atoms with van der Waals surface area (Å²) in [5, 5.41) is 25.1. The first-order chi connectivity index (χ1) is 13.4. The standard InChI is InChI=1S/C21H18N2O5/c24-20(12-14-9-10-15-5-1-2-6-16(15)11-14)22-18(21(25)26)13-17-7-3-4-8-19(17)23(27)28/h1-11,18H,12-13H2,(H,22,24)(H,25,26)/t18-/m1/s1. The second-order valence-corrected chi connectivity index (χ2v) is 6.41. The Morgan fingerprint density at radius 2 is 1.68 bits per heavy atom. The van der Waals surface area contributed by atoms with Gasteiger partial charge in [0.05, 0.1) is 11.3 Å². The predicted molar refractivity (Wildman–Crippen MR) is 104 cm³/mol. The van der Waals surface area contributed by atoms with Crippen molar-refractivity contribution in [3.63, 3.8) is 0 Å². The molecule has 0 radical (unpaired) electrons. The first-order valence-electron chi connectivity index (χ1n) is 8.66. The van der Waals surface area contributed by atoms with Crippen molar-refractivity contribution in [2.75, 3.05) is 0 Å². The molecule has 7 nitrogen and oxygen atoms in total. The molecule has 2 N–H and O–H groups in total. The second-order valence-electron chi connectivity index (χ2n) is 6.41. The van der Waals surface area contributed by atoms with E-state index in [1.54, 1.807) is 6.07 Å². The molecule has 0 aliphatic heterocycles. The summed E-state index contributed by atoms with van der Waals surface area (Å²) < 4.78 is 0. The Labute approximate surface area is 160 Å². The van der Waals surface area contributed by atoms with E-state index >= 15 is 0 Å². The van der Waals surface area contributed by atoms with Crippen LogP contribution in [0.1, 0.15) is 11.1 Å². The first-order valence-corrected chi connectivity index (χ1v) is 8.66. The van der Waals surface area contributed by atoms with E-state index in [4.69, 9.17) is 0 Å². The average Bonchev–Trinajstić information content (AvgIpc) is 2.67. The summed E-state index contributed by atoms with van der Waals surface area (Å²) in [6.45, 7) is 0. The topological polar surface area (TPSA) is 110 Å². The molecule has 1 amide bonds. The zero-order chi connectivity index (χ0) is 20.1. The highest BCUT2D eigenvalue weighted by molar-refractivity contribution is 5.87. The van der Waals surface area contributed by atoms with Gasteiger partial charge in [-0.2, -0.15) is 0 Å². The van der Waals surface area contributed by atoms with Crippen LogP contribution in [0.2, 0.25) is 0 Å². The summed E-state index contributed by atoms with van der Waals surface area (Å²) in [5.74, 6) is -1.70. The van der Waals surface area contributed by atoms with Gasteiger partial charge in [0.2, 0.25) is 5.91 Å². The third kappa shape index (κ3) is 4.50. The monoisotopic (exact) mass is 378 g/mol. The summed E-state index contributed by atoms with van der Waals surface area (Å²) >= 11 is 0. The van der Waals surface area contributed by atoms with Crippen LogP contribution in [0.15, 0.2) is 66.7 Å². The summed E-state index contributed by atoms with van der Waals surface area (Å²) in [5.41, 5.74) is 0.842. The van der Waals surface area contributed by atoms with E-state index in [1.807, 2.05) is 42.5 Å². The van der Waals surface area contributed by atoms with Gasteiger partial charge in [-0.15, -0.1) is 0 Å². The van der Waals surface area contributed by atoms with Crippen LogP contribution in [-0.2, 0) is 22.4 Å². The molecule has 0 aliphatic rings. The van der Waals surface area contributed by atoms with Gasteiger partial charge in [0, 0.05) is 18.1 Å². The summed E-state index contributed by atoms with van der Waals surface area (Å²) in [7, 11) is 0. The number of carbonyl (C=O) groups excluding carboxylic acids is 1. The van der Waals surface area contributed by atoms with Gasteiger partial charge in [0.25, 0.3) is 5.69 Å². The molecule has 3 aromatic carbocycles. The molecule has 7 heteroatoms. The van der Waals surface area contributed by atoms with Crippen molar-refractivity contribution in [1.29, 1.82) is 0 Å². The quantitative estimate of drug-likeness (QED) is 0.485. The van der Waals surface area contributed by atoms with Gasteiger partial charge in [0.15, 0.2) is 0 Å². The molecule has 3 rings (SSSR count). The molecule has 0 aromatic heterocycles. The zero-order valence-electron chi connectivity index (χ0n) is 14.9. The van der Waals surface area contributed by atoms with E-state index < -0.39 is 22.8 Å². The highest BCUT2D eigenvalue weighted by Crippen LogP contribution is 2.20. The number of nitro groups is 1. The molecular weight excluding hydrogens is 360 g/mol. The lowest BCUT2D eigenvalue weighted by atomic mass is 10.0. The van der Waals surface area contributed by atoms with Gasteiger partial charge in [-0.1, -0.05) is 60.7 Å². The molecule has 1 atom stereocenters. The smallest absolute Gasteiger partial charge is 0.326 e. The molecule has 0 saturated carbocycles. The maximum Gasteiger partial charge on any atom is 0.326 e. The molecule has 0 bridgehead atoms. The number of carbonyl (C=O) groups is 2. The molecule has 28 heavy (non-hydrogen) atoms. The van der Waals surface area contributed by atoms with Crippen molar-refractivity contribution < 1.29 is 19.6 Å². The van der Waals surface area contributed by atoms with Crippen LogP contribution in [-0.4, -0.2) is 27.9 Å². The van der Waals surface area contributed by atoms with Crippen LogP contribution in [0.4, 0.5) is 5.69 Å². The Bertz CT molecular complexity index is 1050. The Morgan fingerprint density at radius 3 is 2.39 bits per heavy atom. The van der Waals surface area contributed by atoms with Crippen LogP contribution in [0.5, 0.6) is 0 Å². The van der Waals surface area contributed by atoms with Crippen LogP contribution < -0.4 is 5.32 Å². The number of nitrogens with one attached hydrogen (secondary N) is 1. The van der Waals surface area contributed by atoms with Crippen LogP contribution in [0.3, 0.4) is 0 Å². The van der Waals surface area contributed by atoms with Crippen LogP contribution in [0.25, 0.3) is 10.8 Å². The largest absolute Gasteiger partial charge is 0.480 e. The maximum absolute atomic E-state index is 12.4. The average molecular weight is 378 g/mol. The third-order valence-corrected chi connectivity index (χ3v) is 4.42. The highest BCUT2D eigenvalue weighted by atomic mass is 16.6. The molecule has 0 aliphatic carbocycles. The fraction of sp³-hybridized carbons (Fsp3) is 0.143. The lowest BCUT2D eigenvalue weighted by molar-refractivity contribution is -0.385. The number of hydrogen-bond acceptors (Lipinski definition) is 4. The predicted octanol–water partition coefficient (Wildman–Crippen LogP) is 3.10. The number of hydrogen-bond donors (Lipinski definition) is 2. The summed E-state index contributed by atoms with van der Waals surface area (Å²) in [4.78, 5) is 34.5. The minimum atomic E-state index is -1.26. The Hall–Kier alpha value is -3.74. The van der Waals surface area contributed by atoms with Crippen molar-refractivity contribution in [1.82, 2.24) is 5.32 Å². The minimum absolute atomic E-state index is 0.0193. The molecular formula is C21H18N2O5. The van der Waals surface area contributed by atoms with Crippen molar-refractivity contribution in [2.24, 2.45) is 0 Å². The Balaban J connectivity index is 1.72. The number of fused-ring (bicyclic) bond motifs is 1. The van der Waals surface area contributed by atoms with E-state index in [2.05, 4.69) is 5.32 Å². The summed E-state index contributed by atoms with van der Waals surface area (Å²) in [6.07, 6.45) is -0.151. The molecule has 0 unspecified atom stereocenters. The van der Waals surface area contributed by atoms with Crippen molar-refractivity contribution >= 4 is 28.3 Å². The molecule has 0 heterocycles. The molecule has 0 fully saturated rings. The maximum atomic E-state index is 12.4. The Kier molecular flexibility index (Phi) is 5.64. The highest BCUT2D eigenvalue weighted by Gasteiger charge is 2.24. The number of carboxylic acids is 1. The Morgan fingerprint density at radius 1 is 1.00 bits per heavy atom. The van der Waals surface area contributed by atoms with Gasteiger partial charge in [0.1, 0.15) is 6.04 Å². The number of nitrogens with zero attached hydrogens (tertiary/aromatic N) is 1. The number of rotatable bonds is 7. The van der Waals surface area contributed by atoms with Crippen molar-refractivity contribution in [3.8, 4) is 0 Å².